The Balaban J connectivity index is 1.85. The number of aryl methyl sites for hydroxylation is 1. The van der Waals surface area contributed by atoms with Crippen LogP contribution in [-0.4, -0.2) is 20.6 Å². The minimum absolute atomic E-state index is 0.0784. The van der Waals surface area contributed by atoms with Crippen molar-refractivity contribution in [3.8, 4) is 5.69 Å². The lowest BCUT2D eigenvalue weighted by Gasteiger charge is -2.19. The van der Waals surface area contributed by atoms with E-state index in [1.807, 2.05) is 12.3 Å². The molecule has 20 heavy (non-hydrogen) atoms. The summed E-state index contributed by atoms with van der Waals surface area (Å²) in [6, 6.07) is 8.33. The number of Topliss-reactive ketones (excluding diaryl/α,β-unsaturated/α-hetero) is 1. The van der Waals surface area contributed by atoms with E-state index in [9.17, 15) is 4.79 Å². The lowest BCUT2D eigenvalue weighted by molar-refractivity contribution is -0.119. The number of carbonyl (C=O) groups excluding carboxylic acids is 1. The summed E-state index contributed by atoms with van der Waals surface area (Å²) in [6.07, 6.45) is 7.66. The number of rotatable bonds is 3. The zero-order valence-corrected chi connectivity index (χ0v) is 12.4. The van der Waals surface area contributed by atoms with Gasteiger partial charge in [0, 0.05) is 24.5 Å². The molecule has 1 aromatic heterocycles. The van der Waals surface area contributed by atoms with Gasteiger partial charge in [-0.25, -0.2) is 4.98 Å². The fourth-order valence-electron chi connectivity index (χ4n) is 2.55. The van der Waals surface area contributed by atoms with Gasteiger partial charge in [-0.05, 0) is 37.5 Å². The number of nitrogens with zero attached hydrogens (tertiary/aromatic N) is 2. The van der Waals surface area contributed by atoms with E-state index >= 15 is 0 Å². The lowest BCUT2D eigenvalue weighted by Crippen LogP contribution is -2.21. The van der Waals surface area contributed by atoms with E-state index in [-0.39, 0.29) is 5.25 Å². The van der Waals surface area contributed by atoms with E-state index in [1.54, 1.807) is 18.0 Å². The van der Waals surface area contributed by atoms with E-state index in [2.05, 4.69) is 34.7 Å². The van der Waals surface area contributed by atoms with Crippen molar-refractivity contribution < 1.29 is 4.79 Å². The standard InChI is InChI=1S/C16H18N2OS/c1-12-5-4-6-13(11-12)18-10-9-17-16(18)20-15-8-3-2-7-14(15)19/h4-6,9-11,15H,2-3,7-8H2,1H3/t15-/m0/s1. The summed E-state index contributed by atoms with van der Waals surface area (Å²) in [5.41, 5.74) is 2.33. The fourth-order valence-corrected chi connectivity index (χ4v) is 3.74. The third-order valence-electron chi connectivity index (χ3n) is 3.63. The number of hydrogen-bond donors (Lipinski definition) is 0. The second kappa shape index (κ2) is 5.83. The summed E-state index contributed by atoms with van der Waals surface area (Å²) in [5, 5.41) is 0.991. The van der Waals surface area contributed by atoms with Crippen molar-refractivity contribution in [1.82, 2.24) is 9.55 Å². The van der Waals surface area contributed by atoms with E-state index in [1.165, 1.54) is 5.56 Å². The summed E-state index contributed by atoms with van der Waals surface area (Å²) in [7, 11) is 0. The summed E-state index contributed by atoms with van der Waals surface area (Å²) >= 11 is 1.61. The summed E-state index contributed by atoms with van der Waals surface area (Å²) in [6.45, 7) is 2.08. The van der Waals surface area contributed by atoms with Crippen molar-refractivity contribution in [3.05, 3.63) is 42.2 Å². The van der Waals surface area contributed by atoms with Crippen molar-refractivity contribution >= 4 is 17.5 Å². The van der Waals surface area contributed by atoms with Crippen LogP contribution in [0.2, 0.25) is 0 Å². The fraction of sp³-hybridized carbons (Fsp3) is 0.375. The van der Waals surface area contributed by atoms with Gasteiger partial charge in [0.25, 0.3) is 0 Å². The quantitative estimate of drug-likeness (QED) is 0.861. The monoisotopic (exact) mass is 286 g/mol. The molecule has 3 nitrogen and oxygen atoms in total. The first kappa shape index (κ1) is 13.4. The van der Waals surface area contributed by atoms with Crippen LogP contribution in [0.15, 0.2) is 41.8 Å². The molecule has 0 radical (unpaired) electrons. The van der Waals surface area contributed by atoms with Gasteiger partial charge in [0.2, 0.25) is 0 Å². The highest BCUT2D eigenvalue weighted by Crippen LogP contribution is 2.31. The molecule has 2 aromatic rings. The number of benzene rings is 1. The van der Waals surface area contributed by atoms with E-state index in [0.717, 1.165) is 36.5 Å². The number of ketones is 1. The minimum atomic E-state index is 0.0784. The Labute approximate surface area is 123 Å². The van der Waals surface area contributed by atoms with Gasteiger partial charge in [0.1, 0.15) is 5.78 Å². The van der Waals surface area contributed by atoms with Crippen LogP contribution < -0.4 is 0 Å². The van der Waals surface area contributed by atoms with Gasteiger partial charge in [-0.1, -0.05) is 30.3 Å². The maximum absolute atomic E-state index is 12.0. The molecule has 0 unspecified atom stereocenters. The first-order valence-electron chi connectivity index (χ1n) is 7.04. The third-order valence-corrected chi connectivity index (χ3v) is 4.93. The van der Waals surface area contributed by atoms with Gasteiger partial charge >= 0.3 is 0 Å². The highest BCUT2D eigenvalue weighted by atomic mass is 32.2. The van der Waals surface area contributed by atoms with Crippen molar-refractivity contribution in [2.75, 3.05) is 0 Å². The lowest BCUT2D eigenvalue weighted by atomic mass is 9.99. The molecule has 1 atom stereocenters. The van der Waals surface area contributed by atoms with Gasteiger partial charge < -0.3 is 0 Å². The molecule has 0 spiro atoms. The third kappa shape index (κ3) is 2.80. The average Bonchev–Trinajstić information content (AvgIpc) is 2.90. The molecule has 1 aromatic carbocycles. The second-order valence-corrected chi connectivity index (χ2v) is 6.41. The van der Waals surface area contributed by atoms with Gasteiger partial charge in [-0.2, -0.15) is 0 Å². The number of hydrogen-bond acceptors (Lipinski definition) is 3. The zero-order valence-electron chi connectivity index (χ0n) is 11.6. The summed E-state index contributed by atoms with van der Waals surface area (Å²) < 4.78 is 2.07. The molecular weight excluding hydrogens is 268 g/mol. The highest BCUT2D eigenvalue weighted by Gasteiger charge is 2.24. The van der Waals surface area contributed by atoms with Gasteiger partial charge in [-0.3, -0.25) is 9.36 Å². The first-order valence-corrected chi connectivity index (χ1v) is 7.92. The molecule has 4 heteroatoms. The maximum atomic E-state index is 12.0. The second-order valence-electron chi connectivity index (χ2n) is 5.24. The molecule has 3 rings (SSSR count). The molecule has 1 aliphatic carbocycles. The Morgan fingerprint density at radius 1 is 1.35 bits per heavy atom. The molecule has 1 saturated carbocycles. The molecule has 0 bridgehead atoms. The summed E-state index contributed by atoms with van der Waals surface area (Å²) in [5.74, 6) is 0.375. The summed E-state index contributed by atoms with van der Waals surface area (Å²) in [4.78, 5) is 16.4. The van der Waals surface area contributed by atoms with Crippen LogP contribution in [0.3, 0.4) is 0 Å². The topological polar surface area (TPSA) is 34.9 Å². The highest BCUT2D eigenvalue weighted by molar-refractivity contribution is 8.00. The van der Waals surface area contributed by atoms with E-state index < -0.39 is 0 Å². The Morgan fingerprint density at radius 3 is 3.05 bits per heavy atom. The Hall–Kier alpha value is -1.55. The van der Waals surface area contributed by atoms with Crippen LogP contribution in [0.1, 0.15) is 31.2 Å². The van der Waals surface area contributed by atoms with Crippen LogP contribution in [0.5, 0.6) is 0 Å². The predicted octanol–water partition coefficient (Wildman–Crippen LogP) is 3.78. The van der Waals surface area contributed by atoms with Gasteiger partial charge in [0.05, 0.1) is 5.25 Å². The Bertz CT molecular complexity index is 620. The molecule has 1 heterocycles. The molecule has 0 N–H and O–H groups in total. The van der Waals surface area contributed by atoms with Crippen molar-refractivity contribution in [2.45, 2.75) is 43.0 Å². The van der Waals surface area contributed by atoms with Crippen LogP contribution >= 0.6 is 11.8 Å². The number of thioether (sulfide) groups is 1. The average molecular weight is 286 g/mol. The predicted molar refractivity (Wildman–Crippen MR) is 81.4 cm³/mol. The Morgan fingerprint density at radius 2 is 2.25 bits per heavy atom. The maximum Gasteiger partial charge on any atom is 0.173 e. The number of imidazole rings is 1. The molecule has 0 amide bonds. The molecule has 1 aliphatic rings. The van der Waals surface area contributed by atoms with E-state index in [4.69, 9.17) is 0 Å². The van der Waals surface area contributed by atoms with Gasteiger partial charge in [-0.15, -0.1) is 0 Å². The Kier molecular flexibility index (Phi) is 3.92. The molecule has 104 valence electrons. The molecule has 0 aliphatic heterocycles. The molecular formula is C16H18N2OS. The smallest absolute Gasteiger partial charge is 0.173 e. The van der Waals surface area contributed by atoms with Crippen LogP contribution in [0.4, 0.5) is 0 Å². The van der Waals surface area contributed by atoms with Crippen molar-refractivity contribution in [1.29, 1.82) is 0 Å². The van der Waals surface area contributed by atoms with Crippen LogP contribution in [0.25, 0.3) is 5.69 Å². The SMILES string of the molecule is Cc1cccc(-n2ccnc2S[C@H]2CCCCC2=O)c1. The van der Waals surface area contributed by atoms with Gasteiger partial charge in [0.15, 0.2) is 5.16 Å². The van der Waals surface area contributed by atoms with Crippen LogP contribution in [0, 0.1) is 6.92 Å². The minimum Gasteiger partial charge on any atom is -0.298 e. The zero-order chi connectivity index (χ0) is 13.9. The first-order chi connectivity index (χ1) is 9.74. The van der Waals surface area contributed by atoms with E-state index in [0.29, 0.717) is 5.78 Å². The van der Waals surface area contributed by atoms with Crippen molar-refractivity contribution in [2.24, 2.45) is 0 Å². The van der Waals surface area contributed by atoms with Crippen LogP contribution in [-0.2, 0) is 4.79 Å². The molecule has 1 fully saturated rings. The van der Waals surface area contributed by atoms with Crippen molar-refractivity contribution in [3.63, 3.8) is 0 Å². The largest absolute Gasteiger partial charge is 0.298 e. The number of carbonyl (C=O) groups is 1. The number of aromatic nitrogens is 2. The molecule has 0 saturated heterocycles. The normalized spacial score (nSPS) is 19.2.